The number of carbonyl (C=O) groups excluding carboxylic acids is 2. The van der Waals surface area contributed by atoms with Crippen molar-refractivity contribution in [1.29, 1.82) is 0 Å². The fraction of sp³-hybridized carbons (Fsp3) is 0.316. The average Bonchev–Trinajstić information content (AvgIpc) is 3.59. The zero-order valence-electron chi connectivity index (χ0n) is 25.2. The Kier molecular flexibility index (Phi) is 8.41. The van der Waals surface area contributed by atoms with Gasteiger partial charge in [0.2, 0.25) is 0 Å². The number of esters is 2. The van der Waals surface area contributed by atoms with E-state index in [9.17, 15) is 9.59 Å². The van der Waals surface area contributed by atoms with Gasteiger partial charge in [0.1, 0.15) is 18.0 Å². The Balaban J connectivity index is 1.11. The van der Waals surface area contributed by atoms with Crippen molar-refractivity contribution in [3.8, 4) is 11.8 Å². The van der Waals surface area contributed by atoms with Gasteiger partial charge in [-0.2, -0.15) is 0 Å². The van der Waals surface area contributed by atoms with E-state index >= 15 is 0 Å². The van der Waals surface area contributed by atoms with Crippen molar-refractivity contribution in [3.05, 3.63) is 119 Å². The molecule has 1 aliphatic heterocycles. The van der Waals surface area contributed by atoms with Crippen LogP contribution in [0.1, 0.15) is 60.6 Å². The Labute approximate surface area is 258 Å². The third kappa shape index (κ3) is 6.79. The first-order chi connectivity index (χ1) is 21.4. The van der Waals surface area contributed by atoms with E-state index in [1.807, 2.05) is 79.7 Å². The number of carbonyl (C=O) groups is 2. The van der Waals surface area contributed by atoms with Crippen LogP contribution in [0.25, 0.3) is 11.0 Å². The quantitative estimate of drug-likeness (QED) is 0.110. The zero-order chi connectivity index (χ0) is 30.6. The van der Waals surface area contributed by atoms with Crippen LogP contribution in [0.4, 0.5) is 0 Å². The molecule has 1 saturated carbocycles. The number of allylic oxidation sites excluding steroid dienone is 1. The van der Waals surface area contributed by atoms with Crippen LogP contribution < -0.4 is 0 Å². The Bertz CT molecular complexity index is 1750. The molecular formula is C38H36O6. The molecule has 224 valence electrons. The van der Waals surface area contributed by atoms with E-state index in [-0.39, 0.29) is 25.2 Å². The molecule has 1 aliphatic carbocycles. The molecule has 4 aromatic rings. The largest absolute Gasteiger partial charge is 0.461 e. The van der Waals surface area contributed by atoms with Gasteiger partial charge in [0.25, 0.3) is 0 Å². The predicted octanol–water partition coefficient (Wildman–Crippen LogP) is 7.25. The average molecular weight is 589 g/mol. The molecule has 6 heteroatoms. The predicted molar refractivity (Wildman–Crippen MR) is 168 cm³/mol. The number of benzene rings is 3. The van der Waals surface area contributed by atoms with E-state index < -0.39 is 11.0 Å². The van der Waals surface area contributed by atoms with Crippen molar-refractivity contribution < 1.29 is 28.2 Å². The van der Waals surface area contributed by atoms with E-state index in [2.05, 4.69) is 30.9 Å². The smallest absolute Gasteiger partial charge is 0.334 e. The Hall–Kier alpha value is -4.60. The lowest BCUT2D eigenvalue weighted by atomic mass is 9.98. The molecular weight excluding hydrogens is 552 g/mol. The van der Waals surface area contributed by atoms with Gasteiger partial charge in [0, 0.05) is 34.9 Å². The fourth-order valence-corrected chi connectivity index (χ4v) is 5.58. The molecule has 0 radical (unpaired) electrons. The van der Waals surface area contributed by atoms with Gasteiger partial charge in [0.05, 0.1) is 18.6 Å². The SMILES string of the molecule is CC/C=C1\C[C@@](COCc2ccccc2)(COC(=O)C2(Cc3cc4cc(C#Cc5ccc(C)cc5)ccc4o3)CC2)OC1=O. The Morgan fingerprint density at radius 3 is 2.45 bits per heavy atom. The Morgan fingerprint density at radius 1 is 0.955 bits per heavy atom. The molecule has 1 atom stereocenters. The zero-order valence-corrected chi connectivity index (χ0v) is 25.2. The molecule has 0 N–H and O–H groups in total. The minimum atomic E-state index is -1.05. The van der Waals surface area contributed by atoms with Gasteiger partial charge in [-0.15, -0.1) is 0 Å². The first-order valence-corrected chi connectivity index (χ1v) is 15.2. The summed E-state index contributed by atoms with van der Waals surface area (Å²) in [6.07, 6.45) is 4.80. The molecule has 6 nitrogen and oxygen atoms in total. The summed E-state index contributed by atoms with van der Waals surface area (Å²) < 4.78 is 23.8. The molecule has 2 fully saturated rings. The summed E-state index contributed by atoms with van der Waals surface area (Å²) in [4.78, 5) is 26.1. The summed E-state index contributed by atoms with van der Waals surface area (Å²) >= 11 is 0. The van der Waals surface area contributed by atoms with Gasteiger partial charge in [-0.1, -0.05) is 72.9 Å². The molecule has 0 unspecified atom stereocenters. The van der Waals surface area contributed by atoms with Crippen LogP contribution in [0.3, 0.4) is 0 Å². The van der Waals surface area contributed by atoms with Crippen molar-refractivity contribution in [2.24, 2.45) is 5.41 Å². The second-order valence-corrected chi connectivity index (χ2v) is 12.0. The fourth-order valence-electron chi connectivity index (χ4n) is 5.58. The molecule has 1 saturated heterocycles. The molecule has 0 spiro atoms. The summed E-state index contributed by atoms with van der Waals surface area (Å²) in [7, 11) is 0. The normalized spacial score (nSPS) is 19.4. The van der Waals surface area contributed by atoms with Crippen LogP contribution in [-0.4, -0.2) is 30.8 Å². The van der Waals surface area contributed by atoms with Crippen LogP contribution in [-0.2, 0) is 36.8 Å². The van der Waals surface area contributed by atoms with Gasteiger partial charge in [0.15, 0.2) is 5.60 Å². The molecule has 0 bridgehead atoms. The second-order valence-electron chi connectivity index (χ2n) is 12.0. The summed E-state index contributed by atoms with van der Waals surface area (Å²) in [5, 5.41) is 0.947. The highest BCUT2D eigenvalue weighted by Crippen LogP contribution is 2.50. The monoisotopic (exact) mass is 588 g/mol. The topological polar surface area (TPSA) is 75.0 Å². The molecule has 2 aliphatic rings. The van der Waals surface area contributed by atoms with Crippen molar-refractivity contribution in [1.82, 2.24) is 0 Å². The summed E-state index contributed by atoms with van der Waals surface area (Å²) in [5.74, 6) is 6.50. The van der Waals surface area contributed by atoms with Crippen LogP contribution >= 0.6 is 0 Å². The summed E-state index contributed by atoms with van der Waals surface area (Å²) in [6.45, 7) is 4.47. The molecule has 3 aromatic carbocycles. The number of hydrogen-bond acceptors (Lipinski definition) is 6. The lowest BCUT2D eigenvalue weighted by Crippen LogP contribution is -2.41. The highest BCUT2D eigenvalue weighted by atomic mass is 16.6. The van der Waals surface area contributed by atoms with Crippen LogP contribution in [0.5, 0.6) is 0 Å². The van der Waals surface area contributed by atoms with Crippen LogP contribution in [0, 0.1) is 24.2 Å². The highest BCUT2D eigenvalue weighted by Gasteiger charge is 2.53. The number of fused-ring (bicyclic) bond motifs is 1. The van der Waals surface area contributed by atoms with Crippen molar-refractivity contribution in [3.63, 3.8) is 0 Å². The standard InChI is InChI=1S/C38H36O6/c1-3-7-31-22-38(44-35(31)39,25-41-24-30-8-5-4-6-9-30)26-42-36(40)37(18-19-37)23-33-21-32-20-29(16-17-34(32)43-33)15-14-28-12-10-27(2)11-13-28/h4-13,16-17,20-21H,3,18-19,22-26H2,1-2H3/b31-7+/t38-/m1/s1. The summed E-state index contributed by atoms with van der Waals surface area (Å²) in [6, 6.07) is 25.8. The maximum atomic E-state index is 13.4. The summed E-state index contributed by atoms with van der Waals surface area (Å²) in [5.41, 5.74) is 3.74. The first-order valence-electron chi connectivity index (χ1n) is 15.2. The number of rotatable bonds is 10. The third-order valence-corrected chi connectivity index (χ3v) is 8.25. The van der Waals surface area contributed by atoms with E-state index in [1.165, 1.54) is 5.56 Å². The maximum Gasteiger partial charge on any atom is 0.334 e. The van der Waals surface area contributed by atoms with Gasteiger partial charge < -0.3 is 18.6 Å². The van der Waals surface area contributed by atoms with Gasteiger partial charge in [-0.3, -0.25) is 4.79 Å². The highest BCUT2D eigenvalue weighted by molar-refractivity contribution is 5.91. The van der Waals surface area contributed by atoms with Crippen LogP contribution in [0.2, 0.25) is 0 Å². The molecule has 44 heavy (non-hydrogen) atoms. The van der Waals surface area contributed by atoms with Gasteiger partial charge in [-0.25, -0.2) is 4.79 Å². The van der Waals surface area contributed by atoms with E-state index in [0.717, 1.165) is 33.4 Å². The van der Waals surface area contributed by atoms with E-state index in [1.54, 1.807) is 0 Å². The minimum absolute atomic E-state index is 0.0572. The van der Waals surface area contributed by atoms with E-state index in [0.29, 0.717) is 44.3 Å². The van der Waals surface area contributed by atoms with Crippen molar-refractivity contribution >= 4 is 22.9 Å². The van der Waals surface area contributed by atoms with E-state index in [4.69, 9.17) is 18.6 Å². The molecule has 0 amide bonds. The number of ether oxygens (including phenoxy) is 3. The minimum Gasteiger partial charge on any atom is -0.461 e. The molecule has 2 heterocycles. The number of hydrogen-bond donors (Lipinski definition) is 0. The number of cyclic esters (lactones) is 1. The lowest BCUT2D eigenvalue weighted by Gasteiger charge is -2.27. The van der Waals surface area contributed by atoms with Crippen molar-refractivity contribution in [2.45, 2.75) is 58.2 Å². The van der Waals surface area contributed by atoms with Gasteiger partial charge >= 0.3 is 11.9 Å². The van der Waals surface area contributed by atoms with Gasteiger partial charge in [-0.05, 0) is 68.1 Å². The third-order valence-electron chi connectivity index (χ3n) is 8.25. The second kappa shape index (κ2) is 12.6. The lowest BCUT2D eigenvalue weighted by molar-refractivity contribution is -0.172. The first kappa shape index (κ1) is 29.5. The maximum absolute atomic E-state index is 13.4. The number of aryl methyl sites for hydroxylation is 1. The molecule has 1 aromatic heterocycles. The number of furan rings is 1. The van der Waals surface area contributed by atoms with Crippen LogP contribution in [0.15, 0.2) is 94.9 Å². The molecule has 6 rings (SSSR count). The van der Waals surface area contributed by atoms with Crippen molar-refractivity contribution in [2.75, 3.05) is 13.2 Å². The Morgan fingerprint density at radius 2 is 1.70 bits per heavy atom.